The number of carbonyl (C=O) groups excluding carboxylic acids is 1. The lowest BCUT2D eigenvalue weighted by molar-refractivity contribution is 0.0713. The molecule has 4 nitrogen and oxygen atoms in total. The summed E-state index contributed by atoms with van der Waals surface area (Å²) in [7, 11) is 0. The fourth-order valence-electron chi connectivity index (χ4n) is 3.40. The number of nitrogens with zero attached hydrogens (tertiary/aromatic N) is 2. The number of thiazole rings is 1. The molecule has 0 aliphatic carbocycles. The number of aromatic nitrogens is 1. The monoisotopic (exact) mass is 416 g/mol. The average molecular weight is 417 g/mol. The van der Waals surface area contributed by atoms with Gasteiger partial charge in [0.25, 0.3) is 5.91 Å². The average Bonchev–Trinajstić information content (AvgIpc) is 3.43. The molecule has 4 aromatic rings. The molecule has 0 saturated heterocycles. The van der Waals surface area contributed by atoms with Crippen LogP contribution in [-0.4, -0.2) is 15.8 Å². The highest BCUT2D eigenvalue weighted by atomic mass is 32.1. The fraction of sp³-hybridized carbons (Fsp3) is 0.200. The summed E-state index contributed by atoms with van der Waals surface area (Å²) in [6.07, 6.45) is 2.63. The highest BCUT2D eigenvalue weighted by molar-refractivity contribution is 7.15. The van der Waals surface area contributed by atoms with Crippen molar-refractivity contribution in [3.63, 3.8) is 0 Å². The topological polar surface area (TPSA) is 46.3 Å². The third-order valence-electron chi connectivity index (χ3n) is 4.99. The maximum absolute atomic E-state index is 13.6. The summed E-state index contributed by atoms with van der Waals surface area (Å²) in [4.78, 5) is 20.9. The number of aryl methyl sites for hydroxylation is 2. The van der Waals surface area contributed by atoms with E-state index in [1.165, 1.54) is 5.56 Å². The van der Waals surface area contributed by atoms with Crippen molar-refractivity contribution < 1.29 is 9.21 Å². The molecular weight excluding hydrogens is 392 g/mol. The zero-order valence-electron chi connectivity index (χ0n) is 17.2. The van der Waals surface area contributed by atoms with E-state index in [1.54, 1.807) is 22.5 Å². The summed E-state index contributed by atoms with van der Waals surface area (Å²) < 4.78 is 5.53. The molecule has 5 heteroatoms. The summed E-state index contributed by atoms with van der Waals surface area (Å²) >= 11 is 1.55. The maximum Gasteiger partial charge on any atom is 0.274 e. The van der Waals surface area contributed by atoms with Crippen molar-refractivity contribution in [3.05, 3.63) is 101 Å². The molecule has 0 bridgehead atoms. The minimum atomic E-state index is -0.0887. The van der Waals surface area contributed by atoms with Gasteiger partial charge in [0.05, 0.1) is 22.7 Å². The molecule has 4 rings (SSSR count). The van der Waals surface area contributed by atoms with Gasteiger partial charge < -0.3 is 9.32 Å². The van der Waals surface area contributed by atoms with Crippen LogP contribution in [0.2, 0.25) is 0 Å². The summed E-state index contributed by atoms with van der Waals surface area (Å²) in [6.45, 7) is 4.96. The summed E-state index contributed by atoms with van der Waals surface area (Å²) in [5, 5.41) is 0.877. The van der Waals surface area contributed by atoms with Crippen molar-refractivity contribution >= 4 is 17.2 Å². The first-order valence-corrected chi connectivity index (χ1v) is 10.9. The quantitative estimate of drug-likeness (QED) is 0.365. The second-order valence-corrected chi connectivity index (χ2v) is 8.39. The standard InChI is InChI=1S/C25H24N2O2S/c1-3-19-11-13-20(14-12-19)16-27(17-22-10-7-15-29-22)25(28)23-24(30-18(2)26-23)21-8-5-4-6-9-21/h4-15H,3,16-17H2,1-2H3. The molecule has 30 heavy (non-hydrogen) atoms. The second-order valence-electron chi connectivity index (χ2n) is 7.19. The maximum atomic E-state index is 13.6. The van der Waals surface area contributed by atoms with Gasteiger partial charge in [0.2, 0.25) is 0 Å². The first-order valence-electron chi connectivity index (χ1n) is 10.1. The Morgan fingerprint density at radius 2 is 1.70 bits per heavy atom. The Kier molecular flexibility index (Phi) is 6.10. The van der Waals surface area contributed by atoms with Crippen LogP contribution in [0.5, 0.6) is 0 Å². The van der Waals surface area contributed by atoms with Crippen molar-refractivity contribution in [2.45, 2.75) is 33.4 Å². The van der Waals surface area contributed by atoms with E-state index in [1.807, 2.05) is 49.4 Å². The molecule has 152 valence electrons. The van der Waals surface area contributed by atoms with E-state index in [0.717, 1.165) is 33.2 Å². The van der Waals surface area contributed by atoms with E-state index >= 15 is 0 Å². The van der Waals surface area contributed by atoms with Gasteiger partial charge in [-0.1, -0.05) is 61.5 Å². The molecule has 2 heterocycles. The van der Waals surface area contributed by atoms with Crippen LogP contribution in [0.4, 0.5) is 0 Å². The van der Waals surface area contributed by atoms with Gasteiger partial charge >= 0.3 is 0 Å². The molecule has 1 amide bonds. The van der Waals surface area contributed by atoms with E-state index in [2.05, 4.69) is 36.2 Å². The van der Waals surface area contributed by atoms with Gasteiger partial charge in [-0.05, 0) is 42.2 Å². The molecule has 0 saturated carbocycles. The number of carbonyl (C=O) groups is 1. The van der Waals surface area contributed by atoms with Crippen LogP contribution in [0.25, 0.3) is 10.4 Å². The Labute approximate surface area is 180 Å². The van der Waals surface area contributed by atoms with Gasteiger partial charge in [-0.25, -0.2) is 4.98 Å². The first-order chi connectivity index (χ1) is 14.6. The fourth-order valence-corrected chi connectivity index (χ4v) is 4.31. The van der Waals surface area contributed by atoms with Crippen LogP contribution in [0.15, 0.2) is 77.4 Å². The molecule has 0 spiro atoms. The predicted molar refractivity (Wildman–Crippen MR) is 120 cm³/mol. The smallest absolute Gasteiger partial charge is 0.274 e. The van der Waals surface area contributed by atoms with E-state index < -0.39 is 0 Å². The number of amides is 1. The van der Waals surface area contributed by atoms with Crippen molar-refractivity contribution in [1.82, 2.24) is 9.88 Å². The molecule has 0 aliphatic rings. The lowest BCUT2D eigenvalue weighted by Gasteiger charge is -2.22. The third kappa shape index (κ3) is 4.52. The normalized spacial score (nSPS) is 10.9. The Bertz CT molecular complexity index is 1100. The summed E-state index contributed by atoms with van der Waals surface area (Å²) in [6, 6.07) is 22.1. The van der Waals surface area contributed by atoms with Crippen molar-refractivity contribution in [3.8, 4) is 10.4 Å². The lowest BCUT2D eigenvalue weighted by atomic mass is 10.1. The SMILES string of the molecule is CCc1ccc(CN(Cc2ccco2)C(=O)c2nc(C)sc2-c2ccccc2)cc1. The first kappa shape index (κ1) is 20.1. The number of rotatable bonds is 7. The van der Waals surface area contributed by atoms with Gasteiger partial charge in [-0.15, -0.1) is 11.3 Å². The van der Waals surface area contributed by atoms with Gasteiger partial charge in [0, 0.05) is 6.54 Å². The molecule has 0 atom stereocenters. The lowest BCUT2D eigenvalue weighted by Crippen LogP contribution is -2.30. The van der Waals surface area contributed by atoms with E-state index in [9.17, 15) is 4.79 Å². The molecule has 2 aromatic carbocycles. The molecule has 2 aromatic heterocycles. The third-order valence-corrected chi connectivity index (χ3v) is 6.01. The van der Waals surface area contributed by atoms with E-state index in [0.29, 0.717) is 18.8 Å². The Hall–Kier alpha value is -3.18. The van der Waals surface area contributed by atoms with Crippen molar-refractivity contribution in [1.29, 1.82) is 0 Å². The highest BCUT2D eigenvalue weighted by Gasteiger charge is 2.24. The summed E-state index contributed by atoms with van der Waals surface area (Å²) in [5.41, 5.74) is 3.88. The van der Waals surface area contributed by atoms with Gasteiger partial charge in [-0.2, -0.15) is 0 Å². The zero-order chi connectivity index (χ0) is 20.9. The van der Waals surface area contributed by atoms with Gasteiger partial charge in [0.1, 0.15) is 11.5 Å². The Morgan fingerprint density at radius 3 is 2.37 bits per heavy atom. The number of benzene rings is 2. The van der Waals surface area contributed by atoms with Gasteiger partial charge in [-0.3, -0.25) is 4.79 Å². The Morgan fingerprint density at radius 1 is 0.967 bits per heavy atom. The number of furan rings is 1. The Balaban J connectivity index is 1.67. The van der Waals surface area contributed by atoms with Gasteiger partial charge in [0.15, 0.2) is 0 Å². The van der Waals surface area contributed by atoms with Crippen LogP contribution in [0.1, 0.15) is 39.3 Å². The number of hydrogen-bond donors (Lipinski definition) is 0. The van der Waals surface area contributed by atoms with Crippen molar-refractivity contribution in [2.24, 2.45) is 0 Å². The van der Waals surface area contributed by atoms with Crippen LogP contribution < -0.4 is 0 Å². The molecule has 0 unspecified atom stereocenters. The largest absolute Gasteiger partial charge is 0.467 e. The van der Waals surface area contributed by atoms with E-state index in [4.69, 9.17) is 4.42 Å². The van der Waals surface area contributed by atoms with E-state index in [-0.39, 0.29) is 5.91 Å². The van der Waals surface area contributed by atoms with Crippen LogP contribution in [-0.2, 0) is 19.5 Å². The number of hydrogen-bond acceptors (Lipinski definition) is 4. The molecule has 0 fully saturated rings. The van der Waals surface area contributed by atoms with Crippen LogP contribution in [0.3, 0.4) is 0 Å². The highest BCUT2D eigenvalue weighted by Crippen LogP contribution is 2.31. The summed E-state index contributed by atoms with van der Waals surface area (Å²) in [5.74, 6) is 0.663. The van der Waals surface area contributed by atoms with Crippen LogP contribution >= 0.6 is 11.3 Å². The molecule has 0 aliphatic heterocycles. The minimum absolute atomic E-state index is 0.0887. The van der Waals surface area contributed by atoms with Crippen LogP contribution in [0, 0.1) is 6.92 Å². The predicted octanol–water partition coefficient (Wildman–Crippen LogP) is 6.12. The molecule has 0 radical (unpaired) electrons. The zero-order valence-corrected chi connectivity index (χ0v) is 18.0. The molecular formula is C25H24N2O2S. The van der Waals surface area contributed by atoms with Crippen molar-refractivity contribution in [2.75, 3.05) is 0 Å². The minimum Gasteiger partial charge on any atom is -0.467 e. The second kappa shape index (κ2) is 9.09. The molecule has 0 N–H and O–H groups in total.